The van der Waals surface area contributed by atoms with Crippen molar-refractivity contribution in [2.75, 3.05) is 0 Å². The highest BCUT2D eigenvalue weighted by molar-refractivity contribution is 5.86. The van der Waals surface area contributed by atoms with Gasteiger partial charge in [0.2, 0.25) is 0 Å². The zero-order valence-electron chi connectivity index (χ0n) is 7.98. The lowest BCUT2D eigenvalue weighted by atomic mass is 9.91. The molecule has 1 nitrogen and oxygen atoms in total. The largest absolute Gasteiger partial charge is 0.288 e. The maximum atomic E-state index is 4.79. The van der Waals surface area contributed by atoms with E-state index in [9.17, 15) is 0 Å². The van der Waals surface area contributed by atoms with Gasteiger partial charge in [-0.15, -0.1) is 0 Å². The second kappa shape index (κ2) is 3.38. The third-order valence-electron chi connectivity index (χ3n) is 3.00. The fraction of sp³-hybridized carbons (Fsp3) is 0.900. The summed E-state index contributed by atoms with van der Waals surface area (Å²) in [5.74, 6) is 0. The van der Waals surface area contributed by atoms with Gasteiger partial charge in [-0.1, -0.05) is 20.8 Å². The van der Waals surface area contributed by atoms with Gasteiger partial charge in [-0.2, -0.15) is 0 Å². The molecule has 0 fully saturated rings. The Labute approximate surface area is 69.9 Å². The van der Waals surface area contributed by atoms with Gasteiger partial charge in [0.1, 0.15) is 0 Å². The third kappa shape index (κ3) is 1.63. The van der Waals surface area contributed by atoms with Gasteiger partial charge in [-0.3, -0.25) is 4.99 Å². The van der Waals surface area contributed by atoms with Crippen LogP contribution in [0.5, 0.6) is 0 Å². The van der Waals surface area contributed by atoms with Crippen LogP contribution in [-0.4, -0.2) is 11.3 Å². The second-order valence-electron chi connectivity index (χ2n) is 3.46. The van der Waals surface area contributed by atoms with Gasteiger partial charge in [0.15, 0.2) is 0 Å². The van der Waals surface area contributed by atoms with Crippen molar-refractivity contribution in [3.8, 4) is 0 Å². The number of hydrogen-bond acceptors (Lipinski definition) is 1. The molecule has 1 aliphatic heterocycles. The summed E-state index contributed by atoms with van der Waals surface area (Å²) < 4.78 is 0. The molecular formula is C10H19N. The topological polar surface area (TPSA) is 12.4 Å². The van der Waals surface area contributed by atoms with Crippen molar-refractivity contribution in [2.24, 2.45) is 4.99 Å². The molecule has 0 bridgehead atoms. The molecule has 0 saturated carbocycles. The molecule has 0 aliphatic carbocycles. The normalized spacial score (nSPS) is 21.9. The molecule has 0 unspecified atom stereocenters. The van der Waals surface area contributed by atoms with E-state index in [1.165, 1.54) is 31.4 Å². The van der Waals surface area contributed by atoms with Crippen LogP contribution in [0, 0.1) is 0 Å². The number of hydrogen-bond donors (Lipinski definition) is 0. The molecule has 0 aromatic heterocycles. The Morgan fingerprint density at radius 1 is 1.27 bits per heavy atom. The van der Waals surface area contributed by atoms with E-state index < -0.39 is 0 Å². The van der Waals surface area contributed by atoms with Crippen molar-refractivity contribution >= 4 is 5.71 Å². The molecule has 64 valence electrons. The minimum absolute atomic E-state index is 0.339. The average Bonchev–Trinajstić information content (AvgIpc) is 2.49. The molecule has 0 aromatic carbocycles. The van der Waals surface area contributed by atoms with Gasteiger partial charge in [0, 0.05) is 5.71 Å². The minimum Gasteiger partial charge on any atom is -0.288 e. The quantitative estimate of drug-likeness (QED) is 0.590. The Balaban J connectivity index is 2.67. The van der Waals surface area contributed by atoms with Gasteiger partial charge < -0.3 is 0 Å². The first kappa shape index (κ1) is 8.76. The lowest BCUT2D eigenvalue weighted by Gasteiger charge is -2.21. The maximum Gasteiger partial charge on any atom is 0.0606 e. The Hall–Kier alpha value is -0.330. The lowest BCUT2D eigenvalue weighted by Crippen LogP contribution is -2.20. The fourth-order valence-electron chi connectivity index (χ4n) is 1.84. The molecule has 1 rings (SSSR count). The van der Waals surface area contributed by atoms with E-state index in [4.69, 9.17) is 4.99 Å². The van der Waals surface area contributed by atoms with Crippen LogP contribution in [0.25, 0.3) is 0 Å². The highest BCUT2D eigenvalue weighted by atomic mass is 14.9. The third-order valence-corrected chi connectivity index (χ3v) is 3.00. The summed E-state index contributed by atoms with van der Waals surface area (Å²) in [6, 6.07) is 0. The molecule has 0 spiro atoms. The van der Waals surface area contributed by atoms with Crippen LogP contribution in [-0.2, 0) is 0 Å². The predicted molar refractivity (Wildman–Crippen MR) is 50.3 cm³/mol. The van der Waals surface area contributed by atoms with Gasteiger partial charge in [-0.05, 0) is 32.1 Å². The summed E-state index contributed by atoms with van der Waals surface area (Å²) in [7, 11) is 0. The number of aliphatic imine (C=N–C) groups is 1. The van der Waals surface area contributed by atoms with E-state index in [0.29, 0.717) is 5.54 Å². The lowest BCUT2D eigenvalue weighted by molar-refractivity contribution is 0.399. The Morgan fingerprint density at radius 2 is 1.91 bits per heavy atom. The van der Waals surface area contributed by atoms with Crippen molar-refractivity contribution in [1.29, 1.82) is 0 Å². The number of nitrogens with zero attached hydrogens (tertiary/aromatic N) is 1. The monoisotopic (exact) mass is 153 g/mol. The first-order valence-corrected chi connectivity index (χ1v) is 4.84. The van der Waals surface area contributed by atoms with Crippen molar-refractivity contribution in [2.45, 2.75) is 58.4 Å². The standard InChI is InChI=1S/C10H19N/c1-4-9-7-8-10(5-2,6-3)11-9/h4-8H2,1-3H3. The van der Waals surface area contributed by atoms with Crippen LogP contribution in [0.1, 0.15) is 52.9 Å². The summed E-state index contributed by atoms with van der Waals surface area (Å²) in [5.41, 5.74) is 1.78. The van der Waals surface area contributed by atoms with E-state index in [1.807, 2.05) is 0 Å². The molecule has 1 aliphatic rings. The SMILES string of the molecule is CCC1=NC(CC)(CC)CC1. The van der Waals surface area contributed by atoms with Crippen molar-refractivity contribution in [3.05, 3.63) is 0 Å². The van der Waals surface area contributed by atoms with Crippen LogP contribution in [0.3, 0.4) is 0 Å². The first-order chi connectivity index (χ1) is 5.26. The van der Waals surface area contributed by atoms with Crippen molar-refractivity contribution < 1.29 is 0 Å². The van der Waals surface area contributed by atoms with Gasteiger partial charge in [0.25, 0.3) is 0 Å². The van der Waals surface area contributed by atoms with Crippen LogP contribution < -0.4 is 0 Å². The molecule has 0 N–H and O–H groups in total. The van der Waals surface area contributed by atoms with E-state index in [1.54, 1.807) is 0 Å². The van der Waals surface area contributed by atoms with Gasteiger partial charge >= 0.3 is 0 Å². The van der Waals surface area contributed by atoms with E-state index in [-0.39, 0.29) is 0 Å². The summed E-state index contributed by atoms with van der Waals surface area (Å²) in [6.45, 7) is 6.72. The molecule has 1 heterocycles. The molecule has 0 aromatic rings. The van der Waals surface area contributed by atoms with E-state index in [2.05, 4.69) is 20.8 Å². The predicted octanol–water partition coefficient (Wildman–Crippen LogP) is 3.19. The summed E-state index contributed by atoms with van der Waals surface area (Å²) in [6.07, 6.45) is 6.13. The molecule has 0 radical (unpaired) electrons. The Bertz CT molecular complexity index is 154. The molecule has 1 heteroatoms. The molecule has 11 heavy (non-hydrogen) atoms. The minimum atomic E-state index is 0.339. The molecule has 0 atom stereocenters. The zero-order chi connectivity index (χ0) is 8.32. The maximum absolute atomic E-state index is 4.79. The van der Waals surface area contributed by atoms with Crippen LogP contribution in [0.4, 0.5) is 0 Å². The Morgan fingerprint density at radius 3 is 2.18 bits per heavy atom. The summed E-state index contributed by atoms with van der Waals surface area (Å²) >= 11 is 0. The van der Waals surface area contributed by atoms with Crippen LogP contribution in [0.15, 0.2) is 4.99 Å². The van der Waals surface area contributed by atoms with Crippen molar-refractivity contribution in [1.82, 2.24) is 0 Å². The number of rotatable bonds is 3. The summed E-state index contributed by atoms with van der Waals surface area (Å²) in [4.78, 5) is 4.79. The summed E-state index contributed by atoms with van der Waals surface area (Å²) in [5, 5.41) is 0. The molecular weight excluding hydrogens is 134 g/mol. The highest BCUT2D eigenvalue weighted by Crippen LogP contribution is 2.32. The van der Waals surface area contributed by atoms with Crippen LogP contribution in [0.2, 0.25) is 0 Å². The molecule has 0 amide bonds. The first-order valence-electron chi connectivity index (χ1n) is 4.84. The highest BCUT2D eigenvalue weighted by Gasteiger charge is 2.29. The van der Waals surface area contributed by atoms with Crippen molar-refractivity contribution in [3.63, 3.8) is 0 Å². The van der Waals surface area contributed by atoms with Crippen LogP contribution >= 0.6 is 0 Å². The second-order valence-corrected chi connectivity index (χ2v) is 3.46. The Kier molecular flexibility index (Phi) is 2.69. The average molecular weight is 153 g/mol. The van der Waals surface area contributed by atoms with Gasteiger partial charge in [0.05, 0.1) is 5.54 Å². The van der Waals surface area contributed by atoms with E-state index >= 15 is 0 Å². The smallest absolute Gasteiger partial charge is 0.0606 e. The zero-order valence-corrected chi connectivity index (χ0v) is 7.98. The fourth-order valence-corrected chi connectivity index (χ4v) is 1.84. The van der Waals surface area contributed by atoms with E-state index in [0.717, 1.165) is 6.42 Å². The van der Waals surface area contributed by atoms with Gasteiger partial charge in [-0.25, -0.2) is 0 Å². The molecule has 0 saturated heterocycles.